The maximum Gasteiger partial charge on any atom is 0.276 e. The van der Waals surface area contributed by atoms with E-state index in [1.165, 1.54) is 71.5 Å². The van der Waals surface area contributed by atoms with E-state index in [0.29, 0.717) is 16.4 Å². The van der Waals surface area contributed by atoms with Gasteiger partial charge in [0.1, 0.15) is 0 Å². The molecule has 0 bridgehead atoms. The highest BCUT2D eigenvalue weighted by Gasteiger charge is 2.17. The largest absolute Gasteiger partial charge is 0.321 e. The van der Waals surface area contributed by atoms with Crippen molar-refractivity contribution in [2.24, 2.45) is 0 Å². The van der Waals surface area contributed by atoms with Gasteiger partial charge in [0.2, 0.25) is 0 Å². The first-order chi connectivity index (χ1) is 16.2. The van der Waals surface area contributed by atoms with E-state index in [0.717, 1.165) is 0 Å². The number of anilines is 2. The highest BCUT2D eigenvalue weighted by molar-refractivity contribution is 7.92. The van der Waals surface area contributed by atoms with Gasteiger partial charge in [0.15, 0.2) is 5.69 Å². The summed E-state index contributed by atoms with van der Waals surface area (Å²) in [7, 11) is -3.90. The molecule has 34 heavy (non-hydrogen) atoms. The van der Waals surface area contributed by atoms with Crippen LogP contribution in [-0.2, 0) is 10.0 Å². The number of carbonyl (C=O) groups is 1. The molecule has 0 spiro atoms. The van der Waals surface area contributed by atoms with Gasteiger partial charge in [-0.15, -0.1) is 0 Å². The molecule has 12 heteroatoms. The van der Waals surface area contributed by atoms with Gasteiger partial charge in [-0.2, -0.15) is 5.10 Å². The van der Waals surface area contributed by atoms with Gasteiger partial charge in [0.25, 0.3) is 21.6 Å². The summed E-state index contributed by atoms with van der Waals surface area (Å²) in [6.45, 7) is 0. The lowest BCUT2D eigenvalue weighted by Gasteiger charge is -2.10. The summed E-state index contributed by atoms with van der Waals surface area (Å²) in [4.78, 5) is 22.9. The van der Waals surface area contributed by atoms with Crippen molar-refractivity contribution in [3.05, 3.63) is 106 Å². The number of amides is 1. The average Bonchev–Trinajstić information content (AvgIpc) is 3.31. The molecule has 172 valence electrons. The van der Waals surface area contributed by atoms with Crippen molar-refractivity contribution >= 4 is 44.6 Å². The van der Waals surface area contributed by atoms with Gasteiger partial charge in [0, 0.05) is 34.7 Å². The van der Waals surface area contributed by atoms with Crippen molar-refractivity contribution < 1.29 is 18.1 Å². The summed E-state index contributed by atoms with van der Waals surface area (Å²) >= 11 is 5.83. The third kappa shape index (κ3) is 5.22. The molecule has 3 aromatic carbocycles. The van der Waals surface area contributed by atoms with Gasteiger partial charge in [0.05, 0.1) is 15.5 Å². The van der Waals surface area contributed by atoms with Crippen LogP contribution >= 0.6 is 11.6 Å². The van der Waals surface area contributed by atoms with Crippen molar-refractivity contribution in [1.29, 1.82) is 0 Å². The van der Waals surface area contributed by atoms with Crippen molar-refractivity contribution in [2.45, 2.75) is 4.90 Å². The van der Waals surface area contributed by atoms with Crippen LogP contribution in [-0.4, -0.2) is 29.0 Å². The van der Waals surface area contributed by atoms with Gasteiger partial charge in [-0.1, -0.05) is 17.7 Å². The van der Waals surface area contributed by atoms with Gasteiger partial charge in [-0.05, 0) is 60.7 Å². The number of sulfonamides is 1. The molecule has 1 heterocycles. The second kappa shape index (κ2) is 9.33. The zero-order valence-electron chi connectivity index (χ0n) is 17.3. The molecule has 0 saturated carbocycles. The van der Waals surface area contributed by atoms with Crippen LogP contribution < -0.4 is 10.0 Å². The topological polar surface area (TPSA) is 136 Å². The Morgan fingerprint density at radius 2 is 1.68 bits per heavy atom. The molecule has 0 saturated heterocycles. The lowest BCUT2D eigenvalue weighted by atomic mass is 10.3. The maximum atomic E-state index is 12.7. The number of nitrogens with one attached hydrogen (secondary N) is 2. The molecule has 0 atom stereocenters. The van der Waals surface area contributed by atoms with E-state index in [1.54, 1.807) is 18.2 Å². The van der Waals surface area contributed by atoms with Gasteiger partial charge < -0.3 is 5.32 Å². The zero-order chi connectivity index (χ0) is 24.3. The Labute approximate surface area is 199 Å². The number of hydrogen-bond acceptors (Lipinski definition) is 6. The Kier molecular flexibility index (Phi) is 6.30. The summed E-state index contributed by atoms with van der Waals surface area (Å²) in [6, 6.07) is 19.1. The molecule has 0 aliphatic rings. The molecule has 0 aliphatic heterocycles. The third-order valence-electron chi connectivity index (χ3n) is 4.65. The smallest absolute Gasteiger partial charge is 0.276 e. The van der Waals surface area contributed by atoms with Gasteiger partial charge in [-0.3, -0.25) is 19.6 Å². The number of nitro benzene ring substituents is 1. The first kappa shape index (κ1) is 23.0. The number of nitrogens with zero attached hydrogens (tertiary/aromatic N) is 3. The van der Waals surface area contributed by atoms with Gasteiger partial charge in [-0.25, -0.2) is 13.1 Å². The lowest BCUT2D eigenvalue weighted by Crippen LogP contribution is -2.15. The molecule has 0 aliphatic carbocycles. The van der Waals surface area contributed by atoms with Crippen LogP contribution in [0.3, 0.4) is 0 Å². The Balaban J connectivity index is 1.48. The summed E-state index contributed by atoms with van der Waals surface area (Å²) < 4.78 is 29.3. The molecular weight excluding hydrogens is 482 g/mol. The molecule has 1 amide bonds. The summed E-state index contributed by atoms with van der Waals surface area (Å²) in [5, 5.41) is 18.1. The SMILES string of the molecule is O=C(Nc1cccc(S(=O)(=O)Nc2ccc(Cl)cc2)c1)c1ccn(-c2ccc([N+](=O)[O-])cc2)n1. The molecule has 0 fully saturated rings. The normalized spacial score (nSPS) is 11.1. The van der Waals surface area contributed by atoms with Crippen molar-refractivity contribution in [2.75, 3.05) is 10.0 Å². The molecule has 4 rings (SSSR count). The maximum absolute atomic E-state index is 12.7. The Bertz CT molecular complexity index is 1470. The molecule has 0 radical (unpaired) electrons. The third-order valence-corrected chi connectivity index (χ3v) is 6.28. The predicted molar refractivity (Wildman–Crippen MR) is 127 cm³/mol. The van der Waals surface area contributed by atoms with Crippen molar-refractivity contribution in [1.82, 2.24) is 9.78 Å². The molecule has 1 aromatic heterocycles. The number of rotatable bonds is 7. The standard InChI is InChI=1S/C22H16ClN5O5S/c23-15-4-6-16(7-5-15)26-34(32,33)20-3-1-2-17(14-20)24-22(29)21-12-13-27(25-21)18-8-10-19(11-9-18)28(30)31/h1-14,26H,(H,24,29). The van der Waals surface area contributed by atoms with Crippen LogP contribution in [0.4, 0.5) is 17.1 Å². The lowest BCUT2D eigenvalue weighted by molar-refractivity contribution is -0.384. The molecular formula is C22H16ClN5O5S. The number of hydrogen-bond donors (Lipinski definition) is 2. The minimum Gasteiger partial charge on any atom is -0.321 e. The quantitative estimate of drug-likeness (QED) is 0.285. The second-order valence-corrected chi connectivity index (χ2v) is 9.13. The molecule has 4 aromatic rings. The van der Waals surface area contributed by atoms with E-state index < -0.39 is 20.9 Å². The van der Waals surface area contributed by atoms with Gasteiger partial charge >= 0.3 is 0 Å². The first-order valence-corrected chi connectivity index (χ1v) is 11.6. The Morgan fingerprint density at radius 1 is 0.971 bits per heavy atom. The predicted octanol–water partition coefficient (Wildman–Crippen LogP) is 4.49. The summed E-state index contributed by atoms with van der Waals surface area (Å²) in [5.41, 5.74) is 1.15. The Morgan fingerprint density at radius 3 is 2.35 bits per heavy atom. The fraction of sp³-hybridized carbons (Fsp3) is 0. The fourth-order valence-corrected chi connectivity index (χ4v) is 4.21. The monoisotopic (exact) mass is 497 g/mol. The van der Waals surface area contributed by atoms with Crippen LogP contribution in [0.5, 0.6) is 0 Å². The second-order valence-electron chi connectivity index (χ2n) is 7.01. The summed E-state index contributed by atoms with van der Waals surface area (Å²) in [5.74, 6) is -0.555. The van der Waals surface area contributed by atoms with Crippen LogP contribution in [0, 0.1) is 10.1 Å². The molecule has 10 nitrogen and oxygen atoms in total. The highest BCUT2D eigenvalue weighted by atomic mass is 35.5. The number of benzene rings is 3. The number of halogens is 1. The van der Waals surface area contributed by atoms with E-state index in [9.17, 15) is 23.3 Å². The van der Waals surface area contributed by atoms with Crippen LogP contribution in [0.15, 0.2) is 90.0 Å². The zero-order valence-corrected chi connectivity index (χ0v) is 18.8. The Hall–Kier alpha value is -4.22. The van der Waals surface area contributed by atoms with E-state index in [4.69, 9.17) is 11.6 Å². The molecule has 2 N–H and O–H groups in total. The minimum absolute atomic E-state index is 0.0448. The van der Waals surface area contributed by atoms with Crippen molar-refractivity contribution in [3.63, 3.8) is 0 Å². The number of non-ortho nitro benzene ring substituents is 1. The van der Waals surface area contributed by atoms with Crippen LogP contribution in [0.1, 0.15) is 10.5 Å². The number of nitro groups is 1. The summed E-state index contributed by atoms with van der Waals surface area (Å²) in [6.07, 6.45) is 1.53. The van der Waals surface area contributed by atoms with Crippen molar-refractivity contribution in [3.8, 4) is 5.69 Å². The minimum atomic E-state index is -3.90. The first-order valence-electron chi connectivity index (χ1n) is 9.71. The van der Waals surface area contributed by atoms with E-state index >= 15 is 0 Å². The number of aromatic nitrogens is 2. The van der Waals surface area contributed by atoms with E-state index in [-0.39, 0.29) is 22.0 Å². The average molecular weight is 498 g/mol. The van der Waals surface area contributed by atoms with E-state index in [2.05, 4.69) is 15.1 Å². The van der Waals surface area contributed by atoms with Crippen LogP contribution in [0.25, 0.3) is 5.69 Å². The van der Waals surface area contributed by atoms with E-state index in [1.807, 2.05) is 0 Å². The highest BCUT2D eigenvalue weighted by Crippen LogP contribution is 2.21. The molecule has 0 unspecified atom stereocenters. The van der Waals surface area contributed by atoms with Crippen LogP contribution in [0.2, 0.25) is 5.02 Å². The fourth-order valence-electron chi connectivity index (χ4n) is 2.98. The number of carbonyl (C=O) groups excluding carboxylic acids is 1.